The number of nitrogens with zero attached hydrogens (tertiary/aromatic N) is 3. The Morgan fingerprint density at radius 1 is 1.32 bits per heavy atom. The molecule has 0 saturated carbocycles. The van der Waals surface area contributed by atoms with Crippen LogP contribution < -0.4 is 5.56 Å². The number of aryl methyl sites for hydroxylation is 1. The van der Waals surface area contributed by atoms with Crippen LogP contribution in [0, 0.1) is 6.92 Å². The Hall–Kier alpha value is -2.17. The molecule has 1 amide bonds. The summed E-state index contributed by atoms with van der Waals surface area (Å²) in [4.78, 5) is 30.5. The van der Waals surface area contributed by atoms with Gasteiger partial charge in [-0.25, -0.2) is 4.98 Å². The summed E-state index contributed by atoms with van der Waals surface area (Å²) in [5.74, 6) is 0.575. The molecule has 0 spiro atoms. The van der Waals surface area contributed by atoms with E-state index in [9.17, 15) is 9.59 Å². The molecule has 1 aliphatic rings. The maximum absolute atomic E-state index is 12.4. The van der Waals surface area contributed by atoms with Gasteiger partial charge in [0.1, 0.15) is 12.4 Å². The molecule has 0 radical (unpaired) electrons. The number of carbonyl (C=O) groups excluding carboxylic acids is 1. The van der Waals surface area contributed by atoms with Crippen molar-refractivity contribution < 1.29 is 4.79 Å². The Balaban J connectivity index is 2.03. The predicted molar refractivity (Wildman–Crippen MR) is 71.9 cm³/mol. The molecule has 1 aromatic heterocycles. The van der Waals surface area contributed by atoms with Crippen molar-refractivity contribution in [1.29, 1.82) is 0 Å². The number of carbonyl (C=O) groups is 1. The Kier molecular flexibility index (Phi) is 2.81. The SMILES string of the molecule is Cc1nc2ccccc2c(=O)n1CC(=O)N1CCC1. The summed E-state index contributed by atoms with van der Waals surface area (Å²) >= 11 is 0. The van der Waals surface area contributed by atoms with Gasteiger partial charge in [-0.2, -0.15) is 0 Å². The van der Waals surface area contributed by atoms with Gasteiger partial charge in [-0.05, 0) is 25.5 Å². The molecule has 3 rings (SSSR count). The van der Waals surface area contributed by atoms with Crippen LogP contribution in [0.3, 0.4) is 0 Å². The molecule has 1 fully saturated rings. The van der Waals surface area contributed by atoms with Crippen molar-refractivity contribution in [3.05, 3.63) is 40.4 Å². The molecule has 1 aliphatic heterocycles. The fraction of sp³-hybridized carbons (Fsp3) is 0.357. The van der Waals surface area contributed by atoms with Crippen LogP contribution >= 0.6 is 0 Å². The molecule has 2 aromatic rings. The fourth-order valence-electron chi connectivity index (χ4n) is 2.27. The van der Waals surface area contributed by atoms with E-state index in [4.69, 9.17) is 0 Å². The second kappa shape index (κ2) is 4.50. The molecule has 0 unspecified atom stereocenters. The van der Waals surface area contributed by atoms with E-state index < -0.39 is 0 Å². The van der Waals surface area contributed by atoms with Gasteiger partial charge in [0.25, 0.3) is 5.56 Å². The first-order valence-electron chi connectivity index (χ1n) is 6.41. The number of rotatable bonds is 2. The molecule has 5 nitrogen and oxygen atoms in total. The van der Waals surface area contributed by atoms with E-state index in [1.54, 1.807) is 17.9 Å². The van der Waals surface area contributed by atoms with Gasteiger partial charge in [0, 0.05) is 13.1 Å². The Morgan fingerprint density at radius 2 is 2.05 bits per heavy atom. The van der Waals surface area contributed by atoms with Crippen LogP contribution in [0.25, 0.3) is 10.9 Å². The van der Waals surface area contributed by atoms with Gasteiger partial charge < -0.3 is 4.90 Å². The Bertz CT molecular complexity index is 701. The van der Waals surface area contributed by atoms with Gasteiger partial charge in [0.15, 0.2) is 0 Å². The molecule has 1 saturated heterocycles. The van der Waals surface area contributed by atoms with Crippen molar-refractivity contribution in [1.82, 2.24) is 14.5 Å². The molecule has 0 N–H and O–H groups in total. The maximum Gasteiger partial charge on any atom is 0.261 e. The number of fused-ring (bicyclic) bond motifs is 1. The molecule has 0 bridgehead atoms. The minimum absolute atomic E-state index is 0.00599. The molecular formula is C14H15N3O2. The number of aromatic nitrogens is 2. The zero-order chi connectivity index (χ0) is 13.4. The second-order valence-electron chi connectivity index (χ2n) is 4.80. The minimum Gasteiger partial charge on any atom is -0.341 e. The van der Waals surface area contributed by atoms with E-state index in [1.165, 1.54) is 4.57 Å². The van der Waals surface area contributed by atoms with E-state index in [0.29, 0.717) is 16.7 Å². The van der Waals surface area contributed by atoms with E-state index >= 15 is 0 Å². The zero-order valence-corrected chi connectivity index (χ0v) is 10.8. The largest absolute Gasteiger partial charge is 0.341 e. The lowest BCUT2D eigenvalue weighted by atomic mass is 10.2. The highest BCUT2D eigenvalue weighted by molar-refractivity contribution is 5.79. The number of benzene rings is 1. The van der Waals surface area contributed by atoms with Crippen LogP contribution in [0.1, 0.15) is 12.2 Å². The van der Waals surface area contributed by atoms with Crippen molar-refractivity contribution in [2.75, 3.05) is 13.1 Å². The monoisotopic (exact) mass is 257 g/mol. The molecule has 0 atom stereocenters. The summed E-state index contributed by atoms with van der Waals surface area (Å²) in [7, 11) is 0. The highest BCUT2D eigenvalue weighted by Crippen LogP contribution is 2.10. The van der Waals surface area contributed by atoms with Crippen LogP contribution in [0.4, 0.5) is 0 Å². The lowest BCUT2D eigenvalue weighted by molar-refractivity contribution is -0.135. The predicted octanol–water partition coefficient (Wildman–Crippen LogP) is 0.937. The van der Waals surface area contributed by atoms with Crippen LogP contribution in [0.5, 0.6) is 0 Å². The highest BCUT2D eigenvalue weighted by Gasteiger charge is 2.21. The van der Waals surface area contributed by atoms with Crippen molar-refractivity contribution >= 4 is 16.8 Å². The van der Waals surface area contributed by atoms with Gasteiger partial charge in [0.2, 0.25) is 5.91 Å². The lowest BCUT2D eigenvalue weighted by Gasteiger charge is -2.31. The van der Waals surface area contributed by atoms with E-state index in [2.05, 4.69) is 4.98 Å². The minimum atomic E-state index is -0.142. The van der Waals surface area contributed by atoms with Crippen LogP contribution in [-0.2, 0) is 11.3 Å². The number of hydrogen-bond acceptors (Lipinski definition) is 3. The van der Waals surface area contributed by atoms with Crippen molar-refractivity contribution in [2.45, 2.75) is 19.9 Å². The smallest absolute Gasteiger partial charge is 0.261 e. The van der Waals surface area contributed by atoms with E-state index in [0.717, 1.165) is 19.5 Å². The first kappa shape index (κ1) is 11.9. The topological polar surface area (TPSA) is 55.2 Å². The average Bonchev–Trinajstić information content (AvgIpc) is 2.32. The summed E-state index contributed by atoms with van der Waals surface area (Å²) in [6.45, 7) is 3.45. The standard InChI is InChI=1S/C14H15N3O2/c1-10-15-12-6-3-2-5-11(12)14(19)17(10)9-13(18)16-7-4-8-16/h2-3,5-6H,4,7-9H2,1H3. The lowest BCUT2D eigenvalue weighted by Crippen LogP contribution is -2.45. The van der Waals surface area contributed by atoms with Crippen LogP contribution in [-0.4, -0.2) is 33.4 Å². The van der Waals surface area contributed by atoms with Crippen LogP contribution in [0.2, 0.25) is 0 Å². The van der Waals surface area contributed by atoms with Gasteiger partial charge in [-0.3, -0.25) is 14.2 Å². The molecule has 98 valence electrons. The third-order valence-electron chi connectivity index (χ3n) is 3.55. The molecule has 5 heteroatoms. The molecular weight excluding hydrogens is 242 g/mol. The number of amides is 1. The number of likely N-dealkylation sites (tertiary alicyclic amines) is 1. The highest BCUT2D eigenvalue weighted by atomic mass is 16.2. The van der Waals surface area contributed by atoms with Crippen molar-refractivity contribution in [2.24, 2.45) is 0 Å². The quantitative estimate of drug-likeness (QED) is 0.804. The summed E-state index contributed by atoms with van der Waals surface area (Å²) in [6, 6.07) is 7.21. The maximum atomic E-state index is 12.4. The van der Waals surface area contributed by atoms with Gasteiger partial charge in [0.05, 0.1) is 10.9 Å². The van der Waals surface area contributed by atoms with Crippen molar-refractivity contribution in [3.8, 4) is 0 Å². The summed E-state index contributed by atoms with van der Waals surface area (Å²) < 4.78 is 1.46. The third-order valence-corrected chi connectivity index (χ3v) is 3.55. The first-order chi connectivity index (χ1) is 9.16. The van der Waals surface area contributed by atoms with E-state index in [-0.39, 0.29) is 18.0 Å². The summed E-state index contributed by atoms with van der Waals surface area (Å²) in [5, 5.41) is 0.560. The van der Waals surface area contributed by atoms with Gasteiger partial charge in [-0.15, -0.1) is 0 Å². The second-order valence-corrected chi connectivity index (χ2v) is 4.80. The molecule has 1 aromatic carbocycles. The van der Waals surface area contributed by atoms with Gasteiger partial charge in [-0.1, -0.05) is 12.1 Å². The number of para-hydroxylation sites is 1. The summed E-state index contributed by atoms with van der Waals surface area (Å²) in [6.07, 6.45) is 1.05. The molecule has 0 aliphatic carbocycles. The summed E-state index contributed by atoms with van der Waals surface area (Å²) in [5.41, 5.74) is 0.537. The van der Waals surface area contributed by atoms with Crippen molar-refractivity contribution in [3.63, 3.8) is 0 Å². The Morgan fingerprint density at radius 3 is 2.74 bits per heavy atom. The Labute approximate surface area is 110 Å². The van der Waals surface area contributed by atoms with Gasteiger partial charge >= 0.3 is 0 Å². The van der Waals surface area contributed by atoms with Crippen LogP contribution in [0.15, 0.2) is 29.1 Å². The molecule has 19 heavy (non-hydrogen) atoms. The zero-order valence-electron chi connectivity index (χ0n) is 10.8. The average molecular weight is 257 g/mol. The normalized spacial score (nSPS) is 14.5. The third kappa shape index (κ3) is 2.01. The fourth-order valence-corrected chi connectivity index (χ4v) is 2.27. The van der Waals surface area contributed by atoms with E-state index in [1.807, 2.05) is 18.2 Å². The molecule has 2 heterocycles. The first-order valence-corrected chi connectivity index (χ1v) is 6.41. The number of hydrogen-bond donors (Lipinski definition) is 0.